The molecule has 0 radical (unpaired) electrons. The molecule has 1 aliphatic rings. The van der Waals surface area contributed by atoms with Crippen LogP contribution >= 0.6 is 0 Å². The van der Waals surface area contributed by atoms with Crippen molar-refractivity contribution in [3.05, 3.63) is 71.8 Å². The highest BCUT2D eigenvalue weighted by atomic mass is 28.4. The van der Waals surface area contributed by atoms with E-state index in [1.54, 1.807) is 4.90 Å². The Labute approximate surface area is 205 Å². The van der Waals surface area contributed by atoms with Crippen molar-refractivity contribution >= 4 is 14.4 Å². The molecule has 34 heavy (non-hydrogen) atoms. The quantitative estimate of drug-likeness (QED) is 0.342. The van der Waals surface area contributed by atoms with Gasteiger partial charge in [0.1, 0.15) is 6.61 Å². The number of aliphatic hydroxyl groups excluding tert-OH is 1. The minimum atomic E-state index is -2.10. The van der Waals surface area contributed by atoms with E-state index in [1.807, 2.05) is 60.7 Å². The van der Waals surface area contributed by atoms with Gasteiger partial charge in [-0.05, 0) is 29.3 Å². The molecule has 186 valence electrons. The topological polar surface area (TPSA) is 71.5 Å². The van der Waals surface area contributed by atoms with Crippen LogP contribution in [0.15, 0.2) is 60.7 Å². The minimum absolute atomic E-state index is 0.0141. The lowest BCUT2D eigenvalue weighted by atomic mass is 10.0. The van der Waals surface area contributed by atoms with Crippen LogP contribution in [0, 0.1) is 0 Å². The molecule has 0 aliphatic carbocycles. The van der Waals surface area contributed by atoms with Gasteiger partial charge in [0.25, 0.3) is 0 Å². The lowest BCUT2D eigenvalue weighted by Crippen LogP contribution is -2.52. The average molecular weight is 486 g/mol. The van der Waals surface area contributed by atoms with Gasteiger partial charge in [0.2, 0.25) is 0 Å². The fraction of sp³-hybridized carbons (Fsp3) is 0.519. The summed E-state index contributed by atoms with van der Waals surface area (Å²) in [4.78, 5) is 15.0. The maximum atomic E-state index is 13.4. The maximum Gasteiger partial charge on any atom is 0.410 e. The lowest BCUT2D eigenvalue weighted by molar-refractivity contribution is 0.000566. The fourth-order valence-corrected chi connectivity index (χ4v) is 4.47. The van der Waals surface area contributed by atoms with Crippen molar-refractivity contribution in [3.8, 4) is 0 Å². The van der Waals surface area contributed by atoms with Crippen LogP contribution in [-0.4, -0.2) is 55.9 Å². The molecule has 0 spiro atoms. The number of aliphatic hydroxyl groups is 1. The Kier molecular flexibility index (Phi) is 8.93. The Morgan fingerprint density at radius 2 is 1.65 bits per heavy atom. The van der Waals surface area contributed by atoms with Crippen LogP contribution in [0.25, 0.3) is 0 Å². The van der Waals surface area contributed by atoms with Gasteiger partial charge >= 0.3 is 6.09 Å². The Hall–Kier alpha value is -2.19. The molecule has 6 nitrogen and oxygen atoms in total. The van der Waals surface area contributed by atoms with Crippen molar-refractivity contribution in [1.29, 1.82) is 0 Å². The van der Waals surface area contributed by atoms with Crippen LogP contribution < -0.4 is 0 Å². The van der Waals surface area contributed by atoms with Crippen LogP contribution in [0.1, 0.15) is 38.3 Å². The summed E-state index contributed by atoms with van der Waals surface area (Å²) < 4.78 is 17.6. The van der Waals surface area contributed by atoms with Gasteiger partial charge in [-0.15, -0.1) is 0 Å². The predicted molar refractivity (Wildman–Crippen MR) is 136 cm³/mol. The second-order valence-electron chi connectivity index (χ2n) is 10.6. The summed E-state index contributed by atoms with van der Waals surface area (Å²) in [5, 5.41) is 11.2. The van der Waals surface area contributed by atoms with Gasteiger partial charge in [0.15, 0.2) is 8.32 Å². The summed E-state index contributed by atoms with van der Waals surface area (Å²) in [6, 6.07) is 18.8. The highest BCUT2D eigenvalue weighted by Gasteiger charge is 2.41. The second-order valence-corrected chi connectivity index (χ2v) is 15.4. The van der Waals surface area contributed by atoms with E-state index in [0.29, 0.717) is 19.6 Å². The molecule has 2 aromatic rings. The van der Waals surface area contributed by atoms with Crippen LogP contribution in [0.3, 0.4) is 0 Å². The zero-order valence-electron chi connectivity index (χ0n) is 21.1. The molecule has 0 bridgehead atoms. The van der Waals surface area contributed by atoms with E-state index in [9.17, 15) is 9.90 Å². The number of amides is 1. The monoisotopic (exact) mass is 485 g/mol. The minimum Gasteiger partial charge on any atom is -0.445 e. The zero-order chi connectivity index (χ0) is 24.8. The third-order valence-corrected chi connectivity index (χ3v) is 11.3. The number of nitrogens with zero attached hydrogens (tertiary/aromatic N) is 1. The molecule has 0 aromatic heterocycles. The summed E-state index contributed by atoms with van der Waals surface area (Å²) >= 11 is 0. The molecule has 1 amide bonds. The van der Waals surface area contributed by atoms with E-state index in [0.717, 1.165) is 11.1 Å². The van der Waals surface area contributed by atoms with Crippen LogP contribution in [0.5, 0.6) is 0 Å². The number of carbonyl (C=O) groups excluding carboxylic acids is 1. The summed E-state index contributed by atoms with van der Waals surface area (Å²) in [7, 11) is -2.10. The van der Waals surface area contributed by atoms with Gasteiger partial charge in [0.05, 0.1) is 31.5 Å². The molecule has 0 saturated carbocycles. The molecule has 2 aromatic carbocycles. The van der Waals surface area contributed by atoms with Crippen molar-refractivity contribution in [1.82, 2.24) is 4.90 Å². The van der Waals surface area contributed by atoms with Gasteiger partial charge in [-0.3, -0.25) is 4.90 Å². The van der Waals surface area contributed by atoms with E-state index < -0.39 is 26.6 Å². The van der Waals surface area contributed by atoms with E-state index in [4.69, 9.17) is 13.9 Å². The lowest BCUT2D eigenvalue weighted by Gasteiger charge is -2.40. The van der Waals surface area contributed by atoms with Crippen LogP contribution in [-0.2, 0) is 27.1 Å². The molecule has 3 atom stereocenters. The highest BCUT2D eigenvalue weighted by Crippen LogP contribution is 2.37. The predicted octanol–water partition coefficient (Wildman–Crippen LogP) is 5.37. The maximum absolute atomic E-state index is 13.4. The first-order valence-corrected chi connectivity index (χ1v) is 14.9. The van der Waals surface area contributed by atoms with Crippen molar-refractivity contribution in [2.24, 2.45) is 0 Å². The van der Waals surface area contributed by atoms with Crippen LogP contribution in [0.2, 0.25) is 18.1 Å². The molecule has 1 unspecified atom stereocenters. The van der Waals surface area contributed by atoms with Crippen molar-refractivity contribution in [3.63, 3.8) is 0 Å². The number of carbonyl (C=O) groups is 1. The van der Waals surface area contributed by atoms with Gasteiger partial charge in [-0.1, -0.05) is 81.4 Å². The molecular weight excluding hydrogens is 446 g/mol. The van der Waals surface area contributed by atoms with Gasteiger partial charge in [-0.25, -0.2) is 4.79 Å². The Morgan fingerprint density at radius 3 is 2.18 bits per heavy atom. The standard InChI is InChI=1S/C27H39NO5Si/c1-27(2,3)34(4,5)33-20-24(25(29)16-23-19-31-23)28(17-21-12-8-6-9-13-21)26(30)32-18-22-14-10-7-11-15-22/h6-15,23-25,29H,16-20H2,1-5H3/t23?,24-,25+/m0/s1. The van der Waals surface area contributed by atoms with Gasteiger partial charge in [-0.2, -0.15) is 0 Å². The Balaban J connectivity index is 1.83. The first-order valence-electron chi connectivity index (χ1n) is 12.0. The summed E-state index contributed by atoms with van der Waals surface area (Å²) in [5.41, 5.74) is 1.88. The van der Waals surface area contributed by atoms with Gasteiger partial charge < -0.3 is 19.0 Å². The van der Waals surface area contributed by atoms with Gasteiger partial charge in [0, 0.05) is 13.0 Å². The highest BCUT2D eigenvalue weighted by molar-refractivity contribution is 6.74. The summed E-state index contributed by atoms with van der Waals surface area (Å²) in [6.45, 7) is 12.3. The molecule has 7 heteroatoms. The number of epoxide rings is 1. The smallest absolute Gasteiger partial charge is 0.410 e. The molecule has 3 rings (SSSR count). The first-order chi connectivity index (χ1) is 16.1. The summed E-state index contributed by atoms with van der Waals surface area (Å²) in [6.07, 6.45) is -0.759. The number of ether oxygens (including phenoxy) is 2. The molecule has 1 aliphatic heterocycles. The zero-order valence-corrected chi connectivity index (χ0v) is 22.1. The molecule has 1 heterocycles. The average Bonchev–Trinajstić information content (AvgIpc) is 3.61. The SMILES string of the molecule is CC(C)(C)[Si](C)(C)OC[C@@H]([C@H](O)CC1CO1)N(Cc1ccccc1)C(=O)OCc1ccccc1. The van der Waals surface area contributed by atoms with Crippen molar-refractivity contribution < 1.29 is 23.8 Å². The van der Waals surface area contributed by atoms with Crippen LogP contribution in [0.4, 0.5) is 4.79 Å². The molecule has 1 saturated heterocycles. The number of benzene rings is 2. The first kappa shape index (κ1) is 26.4. The Morgan fingerprint density at radius 1 is 1.09 bits per heavy atom. The largest absolute Gasteiger partial charge is 0.445 e. The van der Waals surface area contributed by atoms with Crippen molar-refractivity contribution in [2.45, 2.75) is 76.7 Å². The number of hydrogen-bond donors (Lipinski definition) is 1. The molecule has 1 N–H and O–H groups in total. The van der Waals surface area contributed by atoms with E-state index in [2.05, 4.69) is 33.9 Å². The van der Waals surface area contributed by atoms with E-state index in [-0.39, 0.29) is 24.4 Å². The normalized spacial score (nSPS) is 17.6. The summed E-state index contributed by atoms with van der Waals surface area (Å²) in [5.74, 6) is 0. The third kappa shape index (κ3) is 7.66. The molecular formula is C27H39NO5Si. The van der Waals surface area contributed by atoms with E-state index in [1.165, 1.54) is 0 Å². The van der Waals surface area contributed by atoms with Crippen molar-refractivity contribution in [2.75, 3.05) is 13.2 Å². The molecule has 1 fully saturated rings. The second kappa shape index (κ2) is 11.5. The third-order valence-electron chi connectivity index (χ3n) is 6.81. The Bertz CT molecular complexity index is 896. The van der Waals surface area contributed by atoms with E-state index >= 15 is 0 Å². The fourth-order valence-electron chi connectivity index (χ4n) is 3.45. The number of hydrogen-bond acceptors (Lipinski definition) is 5. The number of rotatable bonds is 11.